The van der Waals surface area contributed by atoms with Gasteiger partial charge in [-0.2, -0.15) is 5.10 Å². The molecule has 0 radical (unpaired) electrons. The van der Waals surface area contributed by atoms with Crippen LogP contribution in [0.5, 0.6) is 0 Å². The topological polar surface area (TPSA) is 72.9 Å². The number of aromatic nitrogens is 2. The van der Waals surface area contributed by atoms with Gasteiger partial charge >= 0.3 is 0 Å². The molecule has 0 bridgehead atoms. The van der Waals surface area contributed by atoms with E-state index in [4.69, 9.17) is 5.73 Å². The van der Waals surface area contributed by atoms with Crippen LogP contribution >= 0.6 is 0 Å². The molecule has 0 aliphatic heterocycles. The number of nitrogens with one attached hydrogen (secondary N) is 1. The Morgan fingerprint density at radius 1 is 1.11 bits per heavy atom. The third kappa shape index (κ3) is 4.83. The fourth-order valence-electron chi connectivity index (χ4n) is 2.91. The molecule has 140 valence electrons. The highest BCUT2D eigenvalue weighted by Gasteiger charge is 2.17. The van der Waals surface area contributed by atoms with Gasteiger partial charge in [0.15, 0.2) is 0 Å². The second-order valence-electron chi connectivity index (χ2n) is 6.92. The van der Waals surface area contributed by atoms with E-state index in [0.717, 1.165) is 23.2 Å². The van der Waals surface area contributed by atoms with Gasteiger partial charge in [0.05, 0.1) is 6.54 Å². The third-order valence-electron chi connectivity index (χ3n) is 4.84. The summed E-state index contributed by atoms with van der Waals surface area (Å²) >= 11 is 0. The molecular formula is C22H26N4O. The second kappa shape index (κ2) is 8.64. The largest absolute Gasteiger partial charge is 0.352 e. The molecule has 2 atom stereocenters. The molecule has 1 aromatic heterocycles. The maximum absolute atomic E-state index is 12.2. The molecule has 3 rings (SSSR count). The molecule has 0 fully saturated rings. The fraction of sp³-hybridized carbons (Fsp3) is 0.273. The molecule has 2 unspecified atom stereocenters. The number of hydrogen-bond acceptors (Lipinski definition) is 3. The van der Waals surface area contributed by atoms with Gasteiger partial charge in [-0.15, -0.1) is 0 Å². The van der Waals surface area contributed by atoms with Crippen molar-refractivity contribution in [2.45, 2.75) is 33.0 Å². The van der Waals surface area contributed by atoms with Gasteiger partial charge in [0.1, 0.15) is 0 Å². The lowest BCUT2D eigenvalue weighted by molar-refractivity contribution is -0.125. The van der Waals surface area contributed by atoms with Crippen LogP contribution in [0.3, 0.4) is 0 Å². The van der Waals surface area contributed by atoms with Gasteiger partial charge in [0.25, 0.3) is 0 Å². The van der Waals surface area contributed by atoms with Crippen LogP contribution in [-0.4, -0.2) is 21.7 Å². The quantitative estimate of drug-likeness (QED) is 0.678. The first-order valence-corrected chi connectivity index (χ1v) is 9.22. The number of rotatable bonds is 7. The number of carbonyl (C=O) groups is 1. The number of nitrogens with zero attached hydrogens (tertiary/aromatic N) is 2. The van der Waals surface area contributed by atoms with E-state index in [1.807, 2.05) is 49.0 Å². The normalized spacial score (nSPS) is 13.1. The van der Waals surface area contributed by atoms with Gasteiger partial charge in [-0.3, -0.25) is 9.48 Å². The highest BCUT2D eigenvalue weighted by Crippen LogP contribution is 2.24. The van der Waals surface area contributed by atoms with Crippen LogP contribution in [0.15, 0.2) is 67.0 Å². The van der Waals surface area contributed by atoms with Gasteiger partial charge in [0, 0.05) is 30.9 Å². The summed E-state index contributed by atoms with van der Waals surface area (Å²) in [4.78, 5) is 12.2. The van der Waals surface area contributed by atoms with Gasteiger partial charge in [-0.25, -0.2) is 0 Å². The van der Waals surface area contributed by atoms with Crippen LogP contribution in [-0.2, 0) is 17.9 Å². The van der Waals surface area contributed by atoms with Crippen LogP contribution < -0.4 is 11.1 Å². The summed E-state index contributed by atoms with van der Waals surface area (Å²) in [5, 5.41) is 7.24. The molecule has 5 nitrogen and oxygen atoms in total. The maximum Gasteiger partial charge on any atom is 0.224 e. The van der Waals surface area contributed by atoms with Crippen LogP contribution in [0.1, 0.15) is 25.0 Å². The molecule has 1 heterocycles. The fourth-order valence-corrected chi connectivity index (χ4v) is 2.91. The number of amides is 1. The molecule has 0 aliphatic carbocycles. The predicted octanol–water partition coefficient (Wildman–Crippen LogP) is 3.20. The Morgan fingerprint density at radius 2 is 1.85 bits per heavy atom. The van der Waals surface area contributed by atoms with Crippen LogP contribution in [0.2, 0.25) is 0 Å². The lowest BCUT2D eigenvalue weighted by atomic mass is 9.98. The average Bonchev–Trinajstić information content (AvgIpc) is 3.19. The molecule has 0 saturated carbocycles. The molecule has 0 saturated heterocycles. The van der Waals surface area contributed by atoms with Gasteiger partial charge < -0.3 is 11.1 Å². The van der Waals surface area contributed by atoms with Crippen molar-refractivity contribution in [1.29, 1.82) is 0 Å². The summed E-state index contributed by atoms with van der Waals surface area (Å²) in [6, 6.07) is 18.4. The number of carbonyl (C=O) groups excluding carboxylic acids is 1. The van der Waals surface area contributed by atoms with E-state index < -0.39 is 0 Å². The zero-order valence-electron chi connectivity index (χ0n) is 15.8. The Morgan fingerprint density at radius 3 is 2.52 bits per heavy atom. The standard InChI is InChI=1S/C22H26N4O/c1-16(17(2)23)22(27)24-14-20-6-3-4-7-21(20)19-10-8-18(9-11-19)15-26-13-5-12-25-26/h3-13,16-17H,14-15,23H2,1-2H3,(H,24,27). The van der Waals surface area contributed by atoms with Crippen molar-refractivity contribution in [3.63, 3.8) is 0 Å². The van der Waals surface area contributed by atoms with E-state index >= 15 is 0 Å². The van der Waals surface area contributed by atoms with E-state index in [2.05, 4.69) is 40.7 Å². The minimum atomic E-state index is -0.209. The highest BCUT2D eigenvalue weighted by atomic mass is 16.1. The molecular weight excluding hydrogens is 336 g/mol. The van der Waals surface area contributed by atoms with Crippen molar-refractivity contribution in [3.8, 4) is 11.1 Å². The summed E-state index contributed by atoms with van der Waals surface area (Å²) in [7, 11) is 0. The van der Waals surface area contributed by atoms with Crippen LogP contribution in [0, 0.1) is 5.92 Å². The monoisotopic (exact) mass is 362 g/mol. The number of benzene rings is 2. The van der Waals surface area contributed by atoms with Crippen molar-refractivity contribution in [2.24, 2.45) is 11.7 Å². The maximum atomic E-state index is 12.2. The zero-order valence-corrected chi connectivity index (χ0v) is 15.8. The van der Waals surface area contributed by atoms with E-state index in [9.17, 15) is 4.79 Å². The third-order valence-corrected chi connectivity index (χ3v) is 4.84. The van der Waals surface area contributed by atoms with Gasteiger partial charge in [-0.1, -0.05) is 55.5 Å². The Labute approximate surface area is 160 Å². The molecule has 3 N–H and O–H groups in total. The van der Waals surface area contributed by atoms with Crippen molar-refractivity contribution in [1.82, 2.24) is 15.1 Å². The summed E-state index contributed by atoms with van der Waals surface area (Å²) in [5.74, 6) is -0.229. The Bertz CT molecular complexity index is 870. The minimum absolute atomic E-state index is 0.0191. The molecule has 5 heteroatoms. The van der Waals surface area contributed by atoms with E-state index in [0.29, 0.717) is 6.54 Å². The SMILES string of the molecule is CC(N)C(C)C(=O)NCc1ccccc1-c1ccc(Cn2cccn2)cc1. The van der Waals surface area contributed by atoms with Crippen molar-refractivity contribution < 1.29 is 4.79 Å². The smallest absolute Gasteiger partial charge is 0.224 e. The Hall–Kier alpha value is -2.92. The molecule has 1 amide bonds. The number of nitrogens with two attached hydrogens (primary N) is 1. The van der Waals surface area contributed by atoms with Gasteiger partial charge in [0.2, 0.25) is 5.91 Å². The highest BCUT2D eigenvalue weighted by molar-refractivity contribution is 5.79. The summed E-state index contributed by atoms with van der Waals surface area (Å²) < 4.78 is 1.90. The first kappa shape index (κ1) is 18.9. The molecule has 2 aromatic carbocycles. The zero-order chi connectivity index (χ0) is 19.2. The lowest BCUT2D eigenvalue weighted by Crippen LogP contribution is -2.38. The molecule has 3 aromatic rings. The summed E-state index contributed by atoms with van der Waals surface area (Å²) in [6.07, 6.45) is 3.74. The summed E-state index contributed by atoms with van der Waals surface area (Å²) in [5.41, 5.74) is 10.4. The van der Waals surface area contributed by atoms with E-state index in [-0.39, 0.29) is 17.9 Å². The first-order chi connectivity index (χ1) is 13.0. The predicted molar refractivity (Wildman–Crippen MR) is 108 cm³/mol. The minimum Gasteiger partial charge on any atom is -0.352 e. The summed E-state index contributed by atoms with van der Waals surface area (Å²) in [6.45, 7) is 4.94. The average molecular weight is 362 g/mol. The van der Waals surface area contributed by atoms with E-state index in [1.165, 1.54) is 5.56 Å². The Kier molecular flexibility index (Phi) is 6.04. The van der Waals surface area contributed by atoms with Crippen LogP contribution in [0.25, 0.3) is 11.1 Å². The molecule has 0 aliphatic rings. The van der Waals surface area contributed by atoms with E-state index in [1.54, 1.807) is 6.20 Å². The van der Waals surface area contributed by atoms with Crippen molar-refractivity contribution in [2.75, 3.05) is 0 Å². The van der Waals surface area contributed by atoms with Crippen molar-refractivity contribution in [3.05, 3.63) is 78.1 Å². The van der Waals surface area contributed by atoms with Gasteiger partial charge in [-0.05, 0) is 35.2 Å². The number of hydrogen-bond donors (Lipinski definition) is 2. The second-order valence-corrected chi connectivity index (χ2v) is 6.92. The lowest BCUT2D eigenvalue weighted by Gasteiger charge is -2.16. The van der Waals surface area contributed by atoms with Crippen LogP contribution in [0.4, 0.5) is 0 Å². The molecule has 0 spiro atoms. The van der Waals surface area contributed by atoms with Crippen molar-refractivity contribution >= 4 is 5.91 Å². The Balaban J connectivity index is 1.72. The molecule has 27 heavy (non-hydrogen) atoms. The first-order valence-electron chi connectivity index (χ1n) is 9.22.